The molecule has 8 heteroatoms. The minimum atomic E-state index is -0.814. The number of carbonyl (C=O) groups is 2. The lowest BCUT2D eigenvalue weighted by atomic mass is 10.1. The number of nitrogens with one attached hydrogen (secondary N) is 1. The van der Waals surface area contributed by atoms with Crippen molar-refractivity contribution in [2.45, 2.75) is 99.5 Å². The van der Waals surface area contributed by atoms with E-state index in [1.807, 2.05) is 48.5 Å². The normalized spacial score (nSPS) is 14.1. The van der Waals surface area contributed by atoms with Crippen LogP contribution in [0.3, 0.4) is 0 Å². The zero-order chi connectivity index (χ0) is 25.2. The summed E-state index contributed by atoms with van der Waals surface area (Å²) in [5.74, 6) is -0.850. The minimum Gasteiger partial charge on any atom is -0.462 e. The summed E-state index contributed by atoms with van der Waals surface area (Å²) < 4.78 is 25.0. The monoisotopic (exact) mass is 467 g/mol. The maximum absolute atomic E-state index is 14.4. The molecule has 1 N–H and O–H groups in total. The molecule has 0 saturated heterocycles. The summed E-state index contributed by atoms with van der Waals surface area (Å²) in [6, 6.07) is 0. The molecule has 0 aromatic carbocycles. The van der Waals surface area contributed by atoms with Crippen molar-refractivity contribution in [3.63, 3.8) is 0 Å². The number of ether oxygens (including phenoxy) is 2. The third kappa shape index (κ3) is 14.3. The molecule has 0 heterocycles. The molecule has 0 fully saturated rings. The van der Waals surface area contributed by atoms with E-state index < -0.39 is 18.1 Å². The minimum absolute atomic E-state index is 0.0285. The summed E-state index contributed by atoms with van der Waals surface area (Å²) in [6.45, 7) is 13.4. The van der Waals surface area contributed by atoms with Crippen LogP contribution in [0.4, 0.5) is 9.18 Å². The third-order valence-electron chi connectivity index (χ3n) is 4.73. The maximum Gasteiger partial charge on any atom is 0.413 e. The van der Waals surface area contributed by atoms with E-state index in [0.717, 1.165) is 31.3 Å². The molecule has 0 saturated carbocycles. The lowest BCUT2D eigenvalue weighted by Gasteiger charge is -2.18. The standard InChI is InChI=1S/C25H42FN3O4/c1-8-12-14-21(26)28-24(23(18(5)6)27-16-19(7)10-3)29-25(31)33-20(11-4)17-32-22(30)15-13-9-2/h14,16,19-20H,8-13,15,17H2,1-7H3,(H,28,29,31)/b21-14+,27-16?. The number of esters is 1. The van der Waals surface area contributed by atoms with Gasteiger partial charge in [-0.05, 0) is 57.1 Å². The Morgan fingerprint density at radius 2 is 1.79 bits per heavy atom. The molecule has 0 aliphatic rings. The number of amidine groups is 1. The van der Waals surface area contributed by atoms with Crippen molar-refractivity contribution in [2.75, 3.05) is 6.61 Å². The Morgan fingerprint density at radius 3 is 2.33 bits per heavy atom. The average Bonchev–Trinajstić information content (AvgIpc) is 2.78. The topological polar surface area (TPSA) is 89.4 Å². The molecule has 188 valence electrons. The van der Waals surface area contributed by atoms with Gasteiger partial charge in [-0.3, -0.25) is 15.1 Å². The number of allylic oxidation sites excluding steroid dienone is 2. The van der Waals surface area contributed by atoms with Gasteiger partial charge in [0.1, 0.15) is 18.4 Å². The zero-order valence-electron chi connectivity index (χ0n) is 21.4. The van der Waals surface area contributed by atoms with Gasteiger partial charge in [-0.1, -0.05) is 47.5 Å². The fourth-order valence-electron chi connectivity index (χ4n) is 2.38. The Kier molecular flexibility index (Phi) is 16.6. The van der Waals surface area contributed by atoms with E-state index in [2.05, 4.69) is 15.3 Å². The number of amides is 1. The molecular weight excluding hydrogens is 425 g/mol. The summed E-state index contributed by atoms with van der Waals surface area (Å²) in [4.78, 5) is 32.7. The average molecular weight is 468 g/mol. The highest BCUT2D eigenvalue weighted by molar-refractivity contribution is 6.07. The SMILES string of the molecule is CCC/C=C(F)/N=C(/NC(=O)OC(CC)COC(=O)CCCC)C(N=CC(C)CC)=C(C)C. The molecule has 0 aromatic heterocycles. The predicted octanol–water partition coefficient (Wildman–Crippen LogP) is 6.64. The largest absolute Gasteiger partial charge is 0.462 e. The van der Waals surface area contributed by atoms with Crippen LogP contribution in [-0.4, -0.2) is 36.8 Å². The zero-order valence-corrected chi connectivity index (χ0v) is 21.4. The number of aliphatic imine (C=N–C) groups is 2. The van der Waals surface area contributed by atoms with Crippen LogP contribution in [-0.2, 0) is 14.3 Å². The number of carbonyl (C=O) groups excluding carboxylic acids is 2. The smallest absolute Gasteiger partial charge is 0.413 e. The first-order chi connectivity index (χ1) is 15.7. The van der Waals surface area contributed by atoms with Crippen molar-refractivity contribution < 1.29 is 23.5 Å². The van der Waals surface area contributed by atoms with Crippen molar-refractivity contribution in [3.8, 4) is 0 Å². The Morgan fingerprint density at radius 1 is 1.09 bits per heavy atom. The lowest BCUT2D eigenvalue weighted by molar-refractivity contribution is -0.146. The van der Waals surface area contributed by atoms with Crippen molar-refractivity contribution in [1.29, 1.82) is 0 Å². The summed E-state index contributed by atoms with van der Waals surface area (Å²) in [7, 11) is 0. The quantitative estimate of drug-likeness (QED) is 0.134. The predicted molar refractivity (Wildman–Crippen MR) is 132 cm³/mol. The van der Waals surface area contributed by atoms with Crippen LogP contribution in [0.1, 0.15) is 93.4 Å². The number of halogens is 1. The van der Waals surface area contributed by atoms with E-state index in [-0.39, 0.29) is 24.3 Å². The van der Waals surface area contributed by atoms with E-state index in [1.165, 1.54) is 6.08 Å². The van der Waals surface area contributed by atoms with Gasteiger partial charge in [0, 0.05) is 12.6 Å². The molecule has 33 heavy (non-hydrogen) atoms. The number of rotatable bonds is 14. The number of hydrogen-bond acceptors (Lipinski definition) is 6. The van der Waals surface area contributed by atoms with Crippen LogP contribution in [0.5, 0.6) is 0 Å². The number of alkyl carbamates (subject to hydrolysis) is 1. The molecule has 7 nitrogen and oxygen atoms in total. The number of hydrogen-bond donors (Lipinski definition) is 1. The number of nitrogens with zero attached hydrogens (tertiary/aromatic N) is 2. The fraction of sp³-hybridized carbons (Fsp3) is 0.680. The van der Waals surface area contributed by atoms with Gasteiger partial charge in [0.05, 0.1) is 0 Å². The van der Waals surface area contributed by atoms with Gasteiger partial charge in [-0.2, -0.15) is 4.39 Å². The highest BCUT2D eigenvalue weighted by atomic mass is 19.1. The van der Waals surface area contributed by atoms with E-state index in [0.29, 0.717) is 25.0 Å². The number of unbranched alkanes of at least 4 members (excludes halogenated alkanes) is 2. The van der Waals surface area contributed by atoms with Gasteiger partial charge in [0.15, 0.2) is 5.84 Å². The Balaban J connectivity index is 5.55. The molecule has 0 radical (unpaired) electrons. The molecule has 0 aliphatic heterocycles. The van der Waals surface area contributed by atoms with Crippen LogP contribution in [0, 0.1) is 5.92 Å². The molecule has 1 amide bonds. The second-order valence-corrected chi connectivity index (χ2v) is 8.14. The van der Waals surface area contributed by atoms with E-state index in [1.54, 1.807) is 6.21 Å². The van der Waals surface area contributed by atoms with Crippen LogP contribution < -0.4 is 5.32 Å². The molecule has 0 spiro atoms. The van der Waals surface area contributed by atoms with Crippen molar-refractivity contribution >= 4 is 24.1 Å². The van der Waals surface area contributed by atoms with Gasteiger partial charge < -0.3 is 9.47 Å². The molecule has 2 atom stereocenters. The molecule has 0 aliphatic carbocycles. The highest BCUT2D eigenvalue weighted by Crippen LogP contribution is 2.13. The van der Waals surface area contributed by atoms with Gasteiger partial charge in [-0.25, -0.2) is 9.79 Å². The van der Waals surface area contributed by atoms with Crippen LogP contribution in [0.15, 0.2) is 33.3 Å². The van der Waals surface area contributed by atoms with Gasteiger partial charge in [0.2, 0.25) is 5.95 Å². The van der Waals surface area contributed by atoms with Crippen LogP contribution >= 0.6 is 0 Å². The van der Waals surface area contributed by atoms with Crippen LogP contribution in [0.2, 0.25) is 0 Å². The second-order valence-electron chi connectivity index (χ2n) is 8.14. The summed E-state index contributed by atoms with van der Waals surface area (Å²) in [6.07, 6.45) is 6.27. The first kappa shape index (κ1) is 30.5. The fourth-order valence-corrected chi connectivity index (χ4v) is 2.38. The molecule has 0 aromatic rings. The Labute approximate surface area is 198 Å². The Hall–Kier alpha value is -2.51. The van der Waals surface area contributed by atoms with Gasteiger partial charge >= 0.3 is 12.1 Å². The highest BCUT2D eigenvalue weighted by Gasteiger charge is 2.19. The molecule has 2 unspecified atom stereocenters. The maximum atomic E-state index is 14.4. The van der Waals surface area contributed by atoms with Crippen LogP contribution in [0.25, 0.3) is 0 Å². The third-order valence-corrected chi connectivity index (χ3v) is 4.73. The Bertz CT molecular complexity index is 725. The van der Waals surface area contributed by atoms with Gasteiger partial charge in [0.25, 0.3) is 0 Å². The first-order valence-corrected chi connectivity index (χ1v) is 12.0. The van der Waals surface area contributed by atoms with Gasteiger partial charge in [-0.15, -0.1) is 0 Å². The molecular formula is C25H42FN3O4. The van der Waals surface area contributed by atoms with E-state index >= 15 is 0 Å². The summed E-state index contributed by atoms with van der Waals surface area (Å²) >= 11 is 0. The summed E-state index contributed by atoms with van der Waals surface area (Å²) in [5, 5.41) is 2.53. The molecule has 0 bridgehead atoms. The molecule has 0 rings (SSSR count). The van der Waals surface area contributed by atoms with E-state index in [9.17, 15) is 14.0 Å². The van der Waals surface area contributed by atoms with E-state index in [4.69, 9.17) is 9.47 Å². The van der Waals surface area contributed by atoms with Crippen molar-refractivity contribution in [2.24, 2.45) is 15.9 Å². The lowest BCUT2D eigenvalue weighted by Crippen LogP contribution is -2.36. The first-order valence-electron chi connectivity index (χ1n) is 12.0. The van der Waals surface area contributed by atoms with Crippen molar-refractivity contribution in [3.05, 3.63) is 23.3 Å². The second kappa shape index (κ2) is 18.0. The summed E-state index contributed by atoms with van der Waals surface area (Å²) in [5.41, 5.74) is 1.13. The van der Waals surface area contributed by atoms with Crippen molar-refractivity contribution in [1.82, 2.24) is 5.32 Å².